The normalized spacial score (nSPS) is 11.8. The second-order valence-electron chi connectivity index (χ2n) is 10.3. The van der Waals surface area contributed by atoms with Crippen LogP contribution in [0.2, 0.25) is 0 Å². The number of aliphatic hydroxyl groups is 1. The molecule has 6 heteroatoms. The van der Waals surface area contributed by atoms with E-state index in [4.69, 9.17) is 26.7 Å². The Hall–Kier alpha value is -4.00. The molecule has 40 heavy (non-hydrogen) atoms. The highest BCUT2D eigenvalue weighted by Crippen LogP contribution is 2.32. The standard InChI is InChI=1S/C34H41N3O3/c1-23-18-32(36)34(33(37)19-23)40-17-16-39-29-12-9-25(10-13-29)21-28(22-35)30-14-11-27(20-24(30)2)31-8-4-3-6-26(31)7-5-15-38/h3-4,6,8-14,18-20,28,38H,5,7,15-17,21-22,35-37H2,1-2H3. The van der Waals surface area contributed by atoms with E-state index in [1.54, 1.807) is 0 Å². The lowest BCUT2D eigenvalue weighted by atomic mass is 9.87. The summed E-state index contributed by atoms with van der Waals surface area (Å²) in [5.41, 5.74) is 27.8. The summed E-state index contributed by atoms with van der Waals surface area (Å²) in [5, 5.41) is 9.27. The van der Waals surface area contributed by atoms with Gasteiger partial charge in [0, 0.05) is 12.5 Å². The number of rotatable bonds is 13. The van der Waals surface area contributed by atoms with Gasteiger partial charge in [0.2, 0.25) is 0 Å². The number of aliphatic hydroxyl groups excluding tert-OH is 1. The van der Waals surface area contributed by atoms with Crippen LogP contribution in [0.3, 0.4) is 0 Å². The number of hydrogen-bond acceptors (Lipinski definition) is 6. The number of anilines is 2. The molecule has 0 aliphatic carbocycles. The number of nitrogen functional groups attached to an aromatic ring is 2. The summed E-state index contributed by atoms with van der Waals surface area (Å²) in [6.45, 7) is 5.59. The Morgan fingerprint density at radius 2 is 1.52 bits per heavy atom. The first kappa shape index (κ1) is 29.0. The molecule has 7 N–H and O–H groups in total. The van der Waals surface area contributed by atoms with Crippen molar-refractivity contribution in [3.8, 4) is 22.6 Å². The summed E-state index contributed by atoms with van der Waals surface area (Å²) in [7, 11) is 0. The van der Waals surface area contributed by atoms with Crippen molar-refractivity contribution in [1.82, 2.24) is 0 Å². The molecule has 1 atom stereocenters. The van der Waals surface area contributed by atoms with Gasteiger partial charge in [0.05, 0.1) is 11.4 Å². The molecule has 0 bridgehead atoms. The van der Waals surface area contributed by atoms with E-state index in [1.165, 1.54) is 33.4 Å². The van der Waals surface area contributed by atoms with Crippen LogP contribution in [0.4, 0.5) is 11.4 Å². The zero-order valence-corrected chi connectivity index (χ0v) is 23.5. The highest BCUT2D eigenvalue weighted by atomic mass is 16.5. The monoisotopic (exact) mass is 539 g/mol. The molecule has 0 saturated heterocycles. The van der Waals surface area contributed by atoms with Gasteiger partial charge in [0.15, 0.2) is 5.75 Å². The zero-order chi connectivity index (χ0) is 28.5. The van der Waals surface area contributed by atoms with Crippen LogP contribution in [0.25, 0.3) is 11.1 Å². The minimum absolute atomic E-state index is 0.200. The highest BCUT2D eigenvalue weighted by Gasteiger charge is 2.15. The van der Waals surface area contributed by atoms with Gasteiger partial charge in [0.1, 0.15) is 19.0 Å². The first-order valence-electron chi connectivity index (χ1n) is 13.9. The van der Waals surface area contributed by atoms with Gasteiger partial charge in [-0.15, -0.1) is 0 Å². The summed E-state index contributed by atoms with van der Waals surface area (Å²) in [5.74, 6) is 1.50. The van der Waals surface area contributed by atoms with Crippen LogP contribution in [-0.4, -0.2) is 31.5 Å². The van der Waals surface area contributed by atoms with E-state index in [9.17, 15) is 5.11 Å². The van der Waals surface area contributed by atoms with Gasteiger partial charge in [0.25, 0.3) is 0 Å². The van der Waals surface area contributed by atoms with E-state index in [0.29, 0.717) is 36.9 Å². The number of hydrogen-bond donors (Lipinski definition) is 4. The minimum atomic E-state index is 0.200. The SMILES string of the molecule is Cc1cc(N)c(OCCOc2ccc(CC(CN)c3ccc(-c4ccccc4CCCO)cc3C)cc2)c(N)c1. The van der Waals surface area contributed by atoms with Crippen LogP contribution in [0.15, 0.2) is 78.9 Å². The molecule has 0 aliphatic heterocycles. The minimum Gasteiger partial charge on any atom is -0.490 e. The molecule has 0 fully saturated rings. The third-order valence-corrected chi connectivity index (χ3v) is 7.22. The topological polar surface area (TPSA) is 117 Å². The summed E-state index contributed by atoms with van der Waals surface area (Å²) in [6, 6.07) is 26.9. The maximum Gasteiger partial charge on any atom is 0.165 e. The summed E-state index contributed by atoms with van der Waals surface area (Å²) >= 11 is 0. The van der Waals surface area contributed by atoms with Crippen molar-refractivity contribution in [3.05, 3.63) is 107 Å². The zero-order valence-electron chi connectivity index (χ0n) is 23.5. The van der Waals surface area contributed by atoms with Gasteiger partial charge < -0.3 is 31.8 Å². The Morgan fingerprint density at radius 3 is 2.20 bits per heavy atom. The Labute approximate surface area is 237 Å². The molecule has 0 amide bonds. The largest absolute Gasteiger partial charge is 0.490 e. The van der Waals surface area contributed by atoms with Crippen molar-refractivity contribution in [2.45, 2.75) is 39.0 Å². The second-order valence-corrected chi connectivity index (χ2v) is 10.3. The molecule has 4 rings (SSSR count). The van der Waals surface area contributed by atoms with E-state index in [0.717, 1.165) is 30.6 Å². The molecule has 0 aromatic heterocycles. The average Bonchev–Trinajstić information content (AvgIpc) is 2.95. The fraction of sp³-hybridized carbons (Fsp3) is 0.294. The first-order valence-corrected chi connectivity index (χ1v) is 13.9. The molecule has 0 saturated carbocycles. The van der Waals surface area contributed by atoms with Crippen molar-refractivity contribution in [2.24, 2.45) is 5.73 Å². The van der Waals surface area contributed by atoms with Gasteiger partial charge in [-0.2, -0.15) is 0 Å². The fourth-order valence-corrected chi connectivity index (χ4v) is 5.22. The second kappa shape index (κ2) is 13.9. The van der Waals surface area contributed by atoms with E-state index in [2.05, 4.69) is 61.5 Å². The predicted octanol–water partition coefficient (Wildman–Crippen LogP) is 5.80. The lowest BCUT2D eigenvalue weighted by Gasteiger charge is -2.20. The Bertz CT molecular complexity index is 1380. The Balaban J connectivity index is 1.35. The first-order chi connectivity index (χ1) is 19.4. The summed E-state index contributed by atoms with van der Waals surface area (Å²) in [4.78, 5) is 0. The molecule has 1 unspecified atom stereocenters. The van der Waals surface area contributed by atoms with E-state index in [1.807, 2.05) is 31.2 Å². The lowest BCUT2D eigenvalue weighted by Crippen LogP contribution is -2.16. The maximum absolute atomic E-state index is 9.27. The molecule has 210 valence electrons. The lowest BCUT2D eigenvalue weighted by molar-refractivity contribution is 0.218. The van der Waals surface area contributed by atoms with Crippen LogP contribution < -0.4 is 26.7 Å². The average molecular weight is 540 g/mol. The number of benzene rings is 4. The summed E-state index contributed by atoms with van der Waals surface area (Å²) in [6.07, 6.45) is 2.47. The number of aryl methyl sites for hydroxylation is 3. The summed E-state index contributed by atoms with van der Waals surface area (Å²) < 4.78 is 11.6. The quantitative estimate of drug-likeness (QED) is 0.126. The van der Waals surface area contributed by atoms with Crippen molar-refractivity contribution in [1.29, 1.82) is 0 Å². The molecular formula is C34H41N3O3. The van der Waals surface area contributed by atoms with E-state index in [-0.39, 0.29) is 12.5 Å². The van der Waals surface area contributed by atoms with Gasteiger partial charge in [-0.1, -0.05) is 54.6 Å². The van der Waals surface area contributed by atoms with Gasteiger partial charge in [-0.25, -0.2) is 0 Å². The number of ether oxygens (including phenoxy) is 2. The van der Waals surface area contributed by atoms with E-state index < -0.39 is 0 Å². The van der Waals surface area contributed by atoms with Crippen molar-refractivity contribution >= 4 is 11.4 Å². The Morgan fingerprint density at radius 1 is 0.825 bits per heavy atom. The van der Waals surface area contributed by atoms with E-state index >= 15 is 0 Å². The highest BCUT2D eigenvalue weighted by molar-refractivity contribution is 5.69. The van der Waals surface area contributed by atoms with Crippen molar-refractivity contribution in [2.75, 3.05) is 37.8 Å². The molecule has 0 radical (unpaired) electrons. The van der Waals surface area contributed by atoms with Crippen molar-refractivity contribution in [3.63, 3.8) is 0 Å². The van der Waals surface area contributed by atoms with Crippen LogP contribution in [0.1, 0.15) is 40.2 Å². The molecular weight excluding hydrogens is 498 g/mol. The molecule has 6 nitrogen and oxygen atoms in total. The van der Waals surface area contributed by atoms with Crippen LogP contribution in [0.5, 0.6) is 11.5 Å². The Kier molecular flexibility index (Phi) is 10.1. The fourth-order valence-electron chi connectivity index (χ4n) is 5.22. The molecule has 0 aliphatic rings. The third kappa shape index (κ3) is 7.34. The molecule has 4 aromatic rings. The molecule has 0 heterocycles. The smallest absolute Gasteiger partial charge is 0.165 e. The number of nitrogens with two attached hydrogens (primary N) is 3. The van der Waals surface area contributed by atoms with Crippen LogP contribution >= 0.6 is 0 Å². The molecule has 4 aromatic carbocycles. The van der Waals surface area contributed by atoms with Crippen LogP contribution in [-0.2, 0) is 12.8 Å². The van der Waals surface area contributed by atoms with Gasteiger partial charge in [-0.3, -0.25) is 0 Å². The van der Waals surface area contributed by atoms with Gasteiger partial charge >= 0.3 is 0 Å². The van der Waals surface area contributed by atoms with Crippen molar-refractivity contribution < 1.29 is 14.6 Å². The van der Waals surface area contributed by atoms with Gasteiger partial charge in [-0.05, 0) is 103 Å². The maximum atomic E-state index is 9.27. The molecule has 0 spiro atoms. The van der Waals surface area contributed by atoms with Crippen LogP contribution in [0, 0.1) is 13.8 Å². The third-order valence-electron chi connectivity index (χ3n) is 7.22. The predicted molar refractivity (Wildman–Crippen MR) is 165 cm³/mol.